The minimum atomic E-state index is -0.921. The minimum Gasteiger partial charge on any atom is -0.465 e. The van der Waals surface area contributed by atoms with E-state index in [1.807, 2.05) is 37.3 Å². The van der Waals surface area contributed by atoms with Gasteiger partial charge in [0.15, 0.2) is 0 Å². The molecule has 0 saturated carbocycles. The summed E-state index contributed by atoms with van der Waals surface area (Å²) in [6, 6.07) is 16.2. The highest BCUT2D eigenvalue weighted by atomic mass is 16.4. The maximum absolute atomic E-state index is 11.2. The third-order valence-corrected chi connectivity index (χ3v) is 3.68. The maximum atomic E-state index is 11.2. The van der Waals surface area contributed by atoms with Crippen LogP contribution in [0.2, 0.25) is 0 Å². The highest BCUT2D eigenvalue weighted by molar-refractivity contribution is 5.86. The van der Waals surface area contributed by atoms with E-state index in [0.29, 0.717) is 18.2 Å². The number of benzene rings is 2. The number of hydrogen-bond acceptors (Lipinski definition) is 1. The predicted octanol–water partition coefficient (Wildman–Crippen LogP) is 5.06. The first-order valence-electron chi connectivity index (χ1n) is 7.71. The third-order valence-electron chi connectivity index (χ3n) is 3.68. The fraction of sp³-hybridized carbons (Fsp3) is 0.316. The van der Waals surface area contributed by atoms with E-state index in [4.69, 9.17) is 0 Å². The molecule has 0 aliphatic rings. The second-order valence-electron chi connectivity index (χ2n) is 5.83. The Kier molecular flexibility index (Phi) is 5.21. The topological polar surface area (TPSA) is 40.5 Å². The molecule has 0 aliphatic heterocycles. The van der Waals surface area contributed by atoms with E-state index < -0.39 is 6.09 Å². The lowest BCUT2D eigenvalue weighted by Crippen LogP contribution is -2.28. The zero-order chi connectivity index (χ0) is 16.1. The van der Waals surface area contributed by atoms with Crippen molar-refractivity contribution in [1.82, 2.24) is 0 Å². The molecular weight excluding hydrogens is 274 g/mol. The van der Waals surface area contributed by atoms with E-state index in [9.17, 15) is 9.90 Å². The Morgan fingerprint density at radius 3 is 2.27 bits per heavy atom. The third kappa shape index (κ3) is 3.67. The standard InChI is InChI=1S/C19H23NO2/c1-4-20(19(21)22)17-11-9-15(10-12-17)18-8-6-5-7-16(18)13-14(2)3/h5-12,14H,4,13H2,1-3H3,(H,21,22). The Morgan fingerprint density at radius 1 is 1.09 bits per heavy atom. The Bertz CT molecular complexity index is 632. The van der Waals surface area contributed by atoms with Crippen molar-refractivity contribution < 1.29 is 9.90 Å². The number of hydrogen-bond donors (Lipinski definition) is 1. The molecular formula is C19H23NO2. The number of amides is 1. The van der Waals surface area contributed by atoms with Crippen molar-refractivity contribution in [3.63, 3.8) is 0 Å². The summed E-state index contributed by atoms with van der Waals surface area (Å²) >= 11 is 0. The lowest BCUT2D eigenvalue weighted by molar-refractivity contribution is 0.202. The Hall–Kier alpha value is -2.29. The van der Waals surface area contributed by atoms with Crippen molar-refractivity contribution >= 4 is 11.8 Å². The molecule has 1 amide bonds. The molecule has 2 rings (SSSR count). The van der Waals surface area contributed by atoms with Gasteiger partial charge >= 0.3 is 6.09 Å². The zero-order valence-corrected chi connectivity index (χ0v) is 13.4. The molecule has 0 saturated heterocycles. The van der Waals surface area contributed by atoms with Crippen LogP contribution >= 0.6 is 0 Å². The van der Waals surface area contributed by atoms with Gasteiger partial charge in [-0.25, -0.2) is 4.79 Å². The van der Waals surface area contributed by atoms with Crippen molar-refractivity contribution in [2.24, 2.45) is 5.92 Å². The normalized spacial score (nSPS) is 10.7. The van der Waals surface area contributed by atoms with Crippen LogP contribution in [-0.4, -0.2) is 17.7 Å². The fourth-order valence-corrected chi connectivity index (χ4v) is 2.67. The molecule has 0 spiro atoms. The van der Waals surface area contributed by atoms with Gasteiger partial charge in [-0.1, -0.05) is 50.2 Å². The molecule has 2 aromatic rings. The number of anilines is 1. The molecule has 1 N–H and O–H groups in total. The zero-order valence-electron chi connectivity index (χ0n) is 13.4. The van der Waals surface area contributed by atoms with Crippen LogP contribution in [0.3, 0.4) is 0 Å². The molecule has 22 heavy (non-hydrogen) atoms. The molecule has 0 aliphatic carbocycles. The lowest BCUT2D eigenvalue weighted by atomic mass is 9.93. The number of carbonyl (C=O) groups is 1. The molecule has 0 aromatic heterocycles. The Labute approximate surface area is 132 Å². The molecule has 3 nitrogen and oxygen atoms in total. The molecule has 3 heteroatoms. The summed E-state index contributed by atoms with van der Waals surface area (Å²) in [6.45, 7) is 6.70. The van der Waals surface area contributed by atoms with Gasteiger partial charge in [0.25, 0.3) is 0 Å². The summed E-state index contributed by atoms with van der Waals surface area (Å²) in [5, 5.41) is 9.18. The minimum absolute atomic E-state index is 0.443. The predicted molar refractivity (Wildman–Crippen MR) is 91.5 cm³/mol. The van der Waals surface area contributed by atoms with Gasteiger partial charge in [0.1, 0.15) is 0 Å². The highest BCUT2D eigenvalue weighted by Gasteiger charge is 2.12. The number of rotatable bonds is 5. The lowest BCUT2D eigenvalue weighted by Gasteiger charge is -2.18. The molecule has 0 fully saturated rings. The first kappa shape index (κ1) is 16.1. The SMILES string of the molecule is CCN(C(=O)O)c1ccc(-c2ccccc2CC(C)C)cc1. The second-order valence-corrected chi connectivity index (χ2v) is 5.83. The molecule has 0 unspecified atom stereocenters. The quantitative estimate of drug-likeness (QED) is 0.838. The van der Waals surface area contributed by atoms with Gasteiger partial charge in [0.2, 0.25) is 0 Å². The van der Waals surface area contributed by atoms with E-state index in [-0.39, 0.29) is 0 Å². The van der Waals surface area contributed by atoms with E-state index >= 15 is 0 Å². The average molecular weight is 297 g/mol. The first-order chi connectivity index (χ1) is 10.5. The van der Waals surface area contributed by atoms with E-state index in [1.165, 1.54) is 16.0 Å². The average Bonchev–Trinajstić information content (AvgIpc) is 2.48. The fourth-order valence-electron chi connectivity index (χ4n) is 2.67. The van der Waals surface area contributed by atoms with Gasteiger partial charge in [-0.2, -0.15) is 0 Å². The smallest absolute Gasteiger partial charge is 0.411 e. The van der Waals surface area contributed by atoms with Gasteiger partial charge < -0.3 is 5.11 Å². The van der Waals surface area contributed by atoms with Gasteiger partial charge in [-0.15, -0.1) is 0 Å². The molecule has 0 heterocycles. The van der Waals surface area contributed by atoms with Crippen LogP contribution in [0.5, 0.6) is 0 Å². The van der Waals surface area contributed by atoms with Gasteiger partial charge in [-0.05, 0) is 48.1 Å². The summed E-state index contributed by atoms with van der Waals surface area (Å²) in [6.07, 6.45) is 0.115. The molecule has 0 atom stereocenters. The van der Waals surface area contributed by atoms with Crippen LogP contribution in [0.1, 0.15) is 26.3 Å². The second kappa shape index (κ2) is 7.12. The van der Waals surface area contributed by atoms with E-state index in [1.54, 1.807) is 0 Å². The maximum Gasteiger partial charge on any atom is 0.411 e. The molecule has 2 aromatic carbocycles. The number of nitrogens with zero attached hydrogens (tertiary/aromatic N) is 1. The summed E-state index contributed by atoms with van der Waals surface area (Å²) in [7, 11) is 0. The van der Waals surface area contributed by atoms with Crippen LogP contribution in [0.25, 0.3) is 11.1 Å². The summed E-state index contributed by atoms with van der Waals surface area (Å²) in [4.78, 5) is 12.5. The van der Waals surface area contributed by atoms with Gasteiger partial charge in [0.05, 0.1) is 0 Å². The monoisotopic (exact) mass is 297 g/mol. The largest absolute Gasteiger partial charge is 0.465 e. The summed E-state index contributed by atoms with van der Waals surface area (Å²) in [5.41, 5.74) is 4.39. The van der Waals surface area contributed by atoms with Crippen LogP contribution < -0.4 is 4.90 Å². The Morgan fingerprint density at radius 2 is 1.73 bits per heavy atom. The Balaban J connectivity index is 2.33. The molecule has 116 valence electrons. The van der Waals surface area contributed by atoms with Gasteiger partial charge in [-0.3, -0.25) is 4.90 Å². The van der Waals surface area contributed by atoms with Crippen LogP contribution in [0.15, 0.2) is 48.5 Å². The van der Waals surface area contributed by atoms with Crippen LogP contribution in [0, 0.1) is 5.92 Å². The van der Waals surface area contributed by atoms with E-state index in [0.717, 1.165) is 12.0 Å². The van der Waals surface area contributed by atoms with Crippen molar-refractivity contribution in [3.8, 4) is 11.1 Å². The van der Waals surface area contributed by atoms with E-state index in [2.05, 4.69) is 32.0 Å². The van der Waals surface area contributed by atoms with Crippen LogP contribution in [-0.2, 0) is 6.42 Å². The van der Waals surface area contributed by atoms with Crippen molar-refractivity contribution in [2.75, 3.05) is 11.4 Å². The first-order valence-corrected chi connectivity index (χ1v) is 7.71. The summed E-state index contributed by atoms with van der Waals surface area (Å²) in [5.74, 6) is 0.600. The highest BCUT2D eigenvalue weighted by Crippen LogP contribution is 2.27. The number of carboxylic acid groups (broad SMARTS) is 1. The molecule has 0 radical (unpaired) electrons. The van der Waals surface area contributed by atoms with Gasteiger partial charge in [0, 0.05) is 12.2 Å². The van der Waals surface area contributed by atoms with Crippen molar-refractivity contribution in [1.29, 1.82) is 0 Å². The molecule has 0 bridgehead atoms. The van der Waals surface area contributed by atoms with Crippen LogP contribution in [0.4, 0.5) is 10.5 Å². The summed E-state index contributed by atoms with van der Waals surface area (Å²) < 4.78 is 0. The van der Waals surface area contributed by atoms with Crippen molar-refractivity contribution in [3.05, 3.63) is 54.1 Å². The van der Waals surface area contributed by atoms with Crippen molar-refractivity contribution in [2.45, 2.75) is 27.2 Å².